The maximum Gasteiger partial charge on any atom is 0.311 e. The molecule has 0 unspecified atom stereocenters. The lowest BCUT2D eigenvalue weighted by Crippen LogP contribution is -2.25. The number of thiazole rings is 1. The summed E-state index contributed by atoms with van der Waals surface area (Å²) in [7, 11) is 0. The Morgan fingerprint density at radius 3 is 2.87 bits per heavy atom. The van der Waals surface area contributed by atoms with Crippen LogP contribution in [-0.2, 0) is 16.0 Å². The van der Waals surface area contributed by atoms with Crippen LogP contribution in [-0.4, -0.2) is 17.1 Å². The van der Waals surface area contributed by atoms with Gasteiger partial charge < -0.3 is 9.72 Å². The molecule has 15 heavy (non-hydrogen) atoms. The molecule has 1 aliphatic rings. The van der Waals surface area contributed by atoms with Gasteiger partial charge in [0, 0.05) is 10.6 Å². The normalized spacial score (nSPS) is 16.1. The van der Waals surface area contributed by atoms with Crippen molar-refractivity contribution < 1.29 is 9.53 Å². The molecule has 0 atom stereocenters. The van der Waals surface area contributed by atoms with Crippen LogP contribution in [0.15, 0.2) is 0 Å². The van der Waals surface area contributed by atoms with Crippen LogP contribution in [0, 0.1) is 10.9 Å². The van der Waals surface area contributed by atoms with Gasteiger partial charge >= 0.3 is 5.97 Å². The molecule has 0 aliphatic heterocycles. The van der Waals surface area contributed by atoms with E-state index in [0.717, 1.165) is 27.4 Å². The van der Waals surface area contributed by atoms with E-state index in [0.29, 0.717) is 6.42 Å². The van der Waals surface area contributed by atoms with E-state index in [1.165, 1.54) is 17.8 Å². The molecule has 3 nitrogen and oxygen atoms in total. The molecule has 5 heteroatoms. The van der Waals surface area contributed by atoms with E-state index in [1.807, 2.05) is 6.92 Å². The predicted octanol–water partition coefficient (Wildman–Crippen LogP) is 2.75. The van der Waals surface area contributed by atoms with Crippen LogP contribution in [0.3, 0.4) is 0 Å². The Morgan fingerprint density at radius 1 is 1.67 bits per heavy atom. The SMILES string of the molecule is Cc1[nH]c(=S)sc1CC(=O)OC1CCC1. The van der Waals surface area contributed by atoms with E-state index >= 15 is 0 Å². The second kappa shape index (κ2) is 4.45. The number of H-pyrrole nitrogens is 1. The number of carbonyl (C=O) groups is 1. The Morgan fingerprint density at radius 2 is 2.40 bits per heavy atom. The van der Waals surface area contributed by atoms with Crippen molar-refractivity contribution in [1.29, 1.82) is 0 Å². The average molecular weight is 243 g/mol. The third-order valence-electron chi connectivity index (χ3n) is 2.58. The molecule has 0 amide bonds. The number of hydrogen-bond acceptors (Lipinski definition) is 4. The molecular formula is C10H13NO2S2. The van der Waals surface area contributed by atoms with E-state index < -0.39 is 0 Å². The first-order valence-electron chi connectivity index (χ1n) is 5.03. The van der Waals surface area contributed by atoms with Crippen molar-refractivity contribution >= 4 is 29.5 Å². The summed E-state index contributed by atoms with van der Waals surface area (Å²) in [5, 5.41) is 0. The molecule has 1 N–H and O–H groups in total. The smallest absolute Gasteiger partial charge is 0.311 e. The predicted molar refractivity (Wildman–Crippen MR) is 61.7 cm³/mol. The van der Waals surface area contributed by atoms with Crippen LogP contribution in [0.2, 0.25) is 0 Å². The number of aromatic amines is 1. The maximum absolute atomic E-state index is 11.5. The van der Waals surface area contributed by atoms with Crippen LogP contribution in [0.25, 0.3) is 0 Å². The highest BCUT2D eigenvalue weighted by Gasteiger charge is 2.22. The lowest BCUT2D eigenvalue weighted by molar-refractivity contribution is -0.152. The van der Waals surface area contributed by atoms with E-state index in [4.69, 9.17) is 17.0 Å². The van der Waals surface area contributed by atoms with Gasteiger partial charge in [0.05, 0.1) is 6.42 Å². The van der Waals surface area contributed by atoms with Crippen molar-refractivity contribution in [2.75, 3.05) is 0 Å². The summed E-state index contributed by atoms with van der Waals surface area (Å²) in [4.78, 5) is 15.5. The Labute approximate surface area is 97.5 Å². The minimum Gasteiger partial charge on any atom is -0.462 e. The van der Waals surface area contributed by atoms with Crippen LogP contribution in [0.5, 0.6) is 0 Å². The van der Waals surface area contributed by atoms with E-state index in [2.05, 4.69) is 4.98 Å². The third-order valence-corrected chi connectivity index (χ3v) is 3.92. The molecular weight excluding hydrogens is 230 g/mol. The van der Waals surface area contributed by atoms with E-state index in [1.54, 1.807) is 0 Å². The number of hydrogen-bond donors (Lipinski definition) is 1. The van der Waals surface area contributed by atoms with Crippen molar-refractivity contribution in [1.82, 2.24) is 4.98 Å². The summed E-state index contributed by atoms with van der Waals surface area (Å²) >= 11 is 6.46. The second-order valence-electron chi connectivity index (χ2n) is 3.78. The standard InChI is InChI=1S/C10H13NO2S2/c1-6-8(15-10(14)11-6)5-9(12)13-7-3-2-4-7/h7H,2-5H2,1H3,(H,11,14). The first-order chi connectivity index (χ1) is 7.15. The minimum atomic E-state index is -0.131. The summed E-state index contributed by atoms with van der Waals surface area (Å²) < 4.78 is 6.00. The van der Waals surface area contributed by atoms with Gasteiger partial charge in [-0.3, -0.25) is 4.79 Å². The summed E-state index contributed by atoms with van der Waals surface area (Å²) in [5.74, 6) is -0.131. The van der Waals surface area contributed by atoms with Gasteiger partial charge in [0.15, 0.2) is 3.95 Å². The van der Waals surface area contributed by atoms with Crippen LogP contribution >= 0.6 is 23.6 Å². The highest BCUT2D eigenvalue weighted by molar-refractivity contribution is 7.73. The number of nitrogens with one attached hydrogen (secondary N) is 1. The van der Waals surface area contributed by atoms with E-state index in [9.17, 15) is 4.79 Å². The molecule has 0 aromatic carbocycles. The van der Waals surface area contributed by atoms with Gasteiger partial charge in [0.2, 0.25) is 0 Å². The summed E-state index contributed by atoms with van der Waals surface area (Å²) in [6.07, 6.45) is 3.74. The quantitative estimate of drug-likeness (QED) is 0.655. The molecule has 0 bridgehead atoms. The molecule has 0 radical (unpaired) electrons. The zero-order chi connectivity index (χ0) is 10.8. The lowest BCUT2D eigenvalue weighted by Gasteiger charge is -2.24. The highest BCUT2D eigenvalue weighted by atomic mass is 32.1. The second-order valence-corrected chi connectivity index (χ2v) is 5.55. The van der Waals surface area contributed by atoms with Gasteiger partial charge in [0.1, 0.15) is 6.10 Å². The number of esters is 1. The number of ether oxygens (including phenoxy) is 1. The number of rotatable bonds is 3. The maximum atomic E-state index is 11.5. The zero-order valence-electron chi connectivity index (χ0n) is 8.54. The molecule has 1 aliphatic carbocycles. The molecule has 0 saturated heterocycles. The van der Waals surface area contributed by atoms with Gasteiger partial charge in [-0.1, -0.05) is 0 Å². The number of carbonyl (C=O) groups excluding carboxylic acids is 1. The van der Waals surface area contributed by atoms with Crippen molar-refractivity contribution in [3.63, 3.8) is 0 Å². The monoisotopic (exact) mass is 243 g/mol. The van der Waals surface area contributed by atoms with Gasteiger partial charge in [-0.05, 0) is 38.4 Å². The van der Waals surface area contributed by atoms with Crippen LogP contribution in [0.4, 0.5) is 0 Å². The van der Waals surface area contributed by atoms with Crippen LogP contribution in [0.1, 0.15) is 29.8 Å². The fraction of sp³-hybridized carbons (Fsp3) is 0.600. The molecule has 2 rings (SSSR count). The zero-order valence-corrected chi connectivity index (χ0v) is 10.2. The lowest BCUT2D eigenvalue weighted by atomic mass is 9.96. The Bertz CT molecular complexity index is 417. The largest absolute Gasteiger partial charge is 0.462 e. The molecule has 1 saturated carbocycles. The van der Waals surface area contributed by atoms with Gasteiger partial charge in [-0.25, -0.2) is 0 Å². The minimum absolute atomic E-state index is 0.131. The molecule has 1 heterocycles. The van der Waals surface area contributed by atoms with Gasteiger partial charge in [-0.2, -0.15) is 0 Å². The Hall–Kier alpha value is -0.680. The molecule has 82 valence electrons. The van der Waals surface area contributed by atoms with Crippen molar-refractivity contribution in [2.45, 2.75) is 38.7 Å². The first kappa shape index (κ1) is 10.8. The van der Waals surface area contributed by atoms with Crippen LogP contribution < -0.4 is 0 Å². The summed E-state index contributed by atoms with van der Waals surface area (Å²) in [5.41, 5.74) is 0.982. The van der Waals surface area contributed by atoms with Crippen molar-refractivity contribution in [2.24, 2.45) is 0 Å². The van der Waals surface area contributed by atoms with Crippen molar-refractivity contribution in [3.05, 3.63) is 14.5 Å². The molecule has 0 spiro atoms. The third kappa shape index (κ3) is 2.66. The van der Waals surface area contributed by atoms with Gasteiger partial charge in [-0.15, -0.1) is 11.3 Å². The number of aryl methyl sites for hydroxylation is 1. The van der Waals surface area contributed by atoms with Crippen molar-refractivity contribution in [3.8, 4) is 0 Å². The molecule has 1 aromatic rings. The molecule has 1 fully saturated rings. The summed E-state index contributed by atoms with van der Waals surface area (Å²) in [6.45, 7) is 1.93. The fourth-order valence-corrected chi connectivity index (χ4v) is 2.73. The topological polar surface area (TPSA) is 42.1 Å². The first-order valence-corrected chi connectivity index (χ1v) is 6.25. The number of aromatic nitrogens is 1. The Kier molecular flexibility index (Phi) is 3.21. The van der Waals surface area contributed by atoms with Gasteiger partial charge in [0.25, 0.3) is 0 Å². The summed E-state index contributed by atoms with van der Waals surface area (Å²) in [6, 6.07) is 0. The average Bonchev–Trinajstić information content (AvgIpc) is 2.38. The fourth-order valence-electron chi connectivity index (χ4n) is 1.45. The van der Waals surface area contributed by atoms with E-state index in [-0.39, 0.29) is 12.1 Å². The molecule has 1 aromatic heterocycles. The Balaban J connectivity index is 1.92. The highest BCUT2D eigenvalue weighted by Crippen LogP contribution is 2.23.